The van der Waals surface area contributed by atoms with Crippen molar-refractivity contribution in [3.63, 3.8) is 0 Å². The zero-order chi connectivity index (χ0) is 10.4. The minimum Gasteiger partial charge on any atom is -0.341 e. The third-order valence-electron chi connectivity index (χ3n) is 2.46. The third-order valence-corrected chi connectivity index (χ3v) is 2.93. The van der Waals surface area contributed by atoms with Crippen LogP contribution in [0.15, 0.2) is 8.36 Å². The molecule has 0 aliphatic heterocycles. The Hall–Kier alpha value is -0.170. The highest BCUT2D eigenvalue weighted by Crippen LogP contribution is 2.25. The van der Waals surface area contributed by atoms with Gasteiger partial charge in [-0.05, 0) is 32.6 Å². The molecule has 0 radical (unpaired) electrons. The summed E-state index contributed by atoms with van der Waals surface area (Å²) in [5, 5.41) is 3.75. The Morgan fingerprint density at radius 3 is 2.57 bits per heavy atom. The first kappa shape index (κ1) is 11.9. The smallest absolute Gasteiger partial charge is 0.233 e. The molecule has 0 aromatic heterocycles. The van der Waals surface area contributed by atoms with Crippen molar-refractivity contribution in [3.05, 3.63) is 0 Å². The summed E-state index contributed by atoms with van der Waals surface area (Å²) < 4.78 is 4.08. The van der Waals surface area contributed by atoms with Gasteiger partial charge in [0.1, 0.15) is 0 Å². The molecular weight excluding hydrogens is 293 g/mol. The normalized spacial score (nSPS) is 29.5. The van der Waals surface area contributed by atoms with Crippen LogP contribution >= 0.6 is 22.9 Å². The molecule has 2 N–H and O–H groups in total. The van der Waals surface area contributed by atoms with E-state index >= 15 is 0 Å². The van der Waals surface area contributed by atoms with E-state index in [1.54, 1.807) is 6.21 Å². The lowest BCUT2D eigenvalue weighted by Gasteiger charge is -2.24. The maximum absolute atomic E-state index is 5.83. The lowest BCUT2D eigenvalue weighted by Crippen LogP contribution is -2.30. The van der Waals surface area contributed by atoms with Crippen molar-refractivity contribution < 1.29 is 4.84 Å². The number of hydrogen-bond acceptors (Lipinski definition) is 4. The molecule has 4 nitrogen and oxygen atoms in total. The molecule has 0 spiro atoms. The summed E-state index contributed by atoms with van der Waals surface area (Å²) in [4.78, 5) is 5.19. The molecule has 1 aliphatic rings. The minimum atomic E-state index is 0.358. The van der Waals surface area contributed by atoms with E-state index in [2.05, 4.69) is 8.36 Å². The number of oxime groups is 1. The van der Waals surface area contributed by atoms with E-state index in [-0.39, 0.29) is 0 Å². The second kappa shape index (κ2) is 6.34. The van der Waals surface area contributed by atoms with Gasteiger partial charge < -0.3 is 10.6 Å². The van der Waals surface area contributed by atoms with E-state index in [0.717, 1.165) is 31.6 Å². The Labute approximate surface area is 98.5 Å². The number of nitrogens with two attached hydrogens (primary N) is 1. The quantitative estimate of drug-likeness (QED) is 0.368. The van der Waals surface area contributed by atoms with E-state index < -0.39 is 0 Å². The van der Waals surface area contributed by atoms with Crippen LogP contribution in [0.1, 0.15) is 32.6 Å². The maximum atomic E-state index is 5.83. The third kappa shape index (κ3) is 3.53. The fourth-order valence-corrected chi connectivity index (χ4v) is 2.11. The monoisotopic (exact) mass is 309 g/mol. The summed E-state index contributed by atoms with van der Waals surface area (Å²) in [5.41, 5.74) is 5.83. The number of rotatable bonds is 2. The summed E-state index contributed by atoms with van der Waals surface area (Å²) in [5.74, 6) is 1.13. The van der Waals surface area contributed by atoms with Crippen molar-refractivity contribution in [1.82, 2.24) is 0 Å². The average molecular weight is 309 g/mol. The molecule has 0 heterocycles. The van der Waals surface area contributed by atoms with Gasteiger partial charge in [0, 0.05) is 18.2 Å². The number of hydrogen-bond donors (Lipinski definition) is 1. The summed E-state index contributed by atoms with van der Waals surface area (Å²) in [6.07, 6.45) is 5.85. The van der Waals surface area contributed by atoms with Gasteiger partial charge in [0.2, 0.25) is 5.90 Å². The maximum Gasteiger partial charge on any atom is 0.233 e. The highest BCUT2D eigenvalue weighted by Gasteiger charge is 2.24. The van der Waals surface area contributed by atoms with Crippen LogP contribution in [0.3, 0.4) is 0 Å². The summed E-state index contributed by atoms with van der Waals surface area (Å²) >= 11 is 1.95. The molecule has 5 heteroatoms. The van der Waals surface area contributed by atoms with Crippen LogP contribution in [0.2, 0.25) is 0 Å². The highest BCUT2D eigenvalue weighted by atomic mass is 127. The van der Waals surface area contributed by atoms with Crippen LogP contribution in [0, 0.1) is 5.92 Å². The van der Waals surface area contributed by atoms with Crippen molar-refractivity contribution in [1.29, 1.82) is 0 Å². The molecule has 14 heavy (non-hydrogen) atoms. The Kier molecular flexibility index (Phi) is 5.39. The van der Waals surface area contributed by atoms with E-state index in [4.69, 9.17) is 10.6 Å². The van der Waals surface area contributed by atoms with Crippen LogP contribution in [0.5, 0.6) is 0 Å². The Morgan fingerprint density at radius 2 is 2.07 bits per heavy atom. The molecular formula is C9H16IN3O. The van der Waals surface area contributed by atoms with E-state index in [1.807, 2.05) is 29.8 Å². The van der Waals surface area contributed by atoms with Gasteiger partial charge in [0.05, 0.1) is 22.9 Å². The van der Waals surface area contributed by atoms with E-state index in [9.17, 15) is 0 Å². The number of nitrogens with zero attached hydrogens (tertiary/aromatic N) is 2. The molecule has 80 valence electrons. The Morgan fingerprint density at radius 1 is 1.43 bits per heavy atom. The number of halogens is 1. The summed E-state index contributed by atoms with van der Waals surface area (Å²) in [6.45, 7) is 1.82. The molecule has 1 rings (SSSR count). The van der Waals surface area contributed by atoms with Gasteiger partial charge in [-0.25, -0.2) is 0 Å². The van der Waals surface area contributed by atoms with Crippen LogP contribution < -0.4 is 5.73 Å². The highest BCUT2D eigenvalue weighted by molar-refractivity contribution is 14.1. The molecule has 0 bridgehead atoms. The Bertz CT molecular complexity index is 222. The predicted octanol–water partition coefficient (Wildman–Crippen LogP) is 2.27. The first-order chi connectivity index (χ1) is 6.77. The van der Waals surface area contributed by atoms with Gasteiger partial charge in [-0.3, -0.25) is 0 Å². The topological polar surface area (TPSA) is 60.0 Å². The molecule has 1 saturated carbocycles. The summed E-state index contributed by atoms with van der Waals surface area (Å²) in [7, 11) is 0. The van der Waals surface area contributed by atoms with Gasteiger partial charge in [-0.2, -0.15) is 3.21 Å². The zero-order valence-corrected chi connectivity index (χ0v) is 10.5. The first-order valence-electron chi connectivity index (χ1n) is 4.87. The molecule has 0 unspecified atom stereocenters. The lowest BCUT2D eigenvalue weighted by molar-refractivity contribution is 0.275. The van der Waals surface area contributed by atoms with Crippen molar-refractivity contribution in [2.45, 2.75) is 38.6 Å². The molecule has 0 aromatic carbocycles. The van der Waals surface area contributed by atoms with Crippen LogP contribution in [0.25, 0.3) is 0 Å². The zero-order valence-electron chi connectivity index (χ0n) is 8.32. The van der Waals surface area contributed by atoms with Crippen molar-refractivity contribution in [2.75, 3.05) is 0 Å². The second-order valence-corrected chi connectivity index (χ2v) is 3.97. The minimum absolute atomic E-state index is 0.358. The molecule has 0 saturated heterocycles. The van der Waals surface area contributed by atoms with E-state index in [1.165, 1.54) is 0 Å². The first-order valence-corrected chi connectivity index (χ1v) is 5.83. The molecule has 1 aliphatic carbocycles. The summed E-state index contributed by atoms with van der Waals surface area (Å²) in [6, 6.07) is 0.358. The van der Waals surface area contributed by atoms with Gasteiger partial charge in [0.15, 0.2) is 0 Å². The van der Waals surface area contributed by atoms with Gasteiger partial charge in [0.25, 0.3) is 0 Å². The van der Waals surface area contributed by atoms with Gasteiger partial charge >= 0.3 is 0 Å². The van der Waals surface area contributed by atoms with Gasteiger partial charge in [-0.1, -0.05) is 5.16 Å². The van der Waals surface area contributed by atoms with E-state index in [0.29, 0.717) is 12.0 Å². The average Bonchev–Trinajstić information content (AvgIpc) is 2.21. The standard InChI is InChI=1S/C9H16IN3O/c1-2-12-14-9(13-10)7-3-5-8(11)6-4-7/h2,7-8H,3-6,11H2,1H3/b12-2+,13-9?. The van der Waals surface area contributed by atoms with Crippen LogP contribution in [0.4, 0.5) is 0 Å². The molecule has 0 aromatic rings. The fraction of sp³-hybridized carbons (Fsp3) is 0.778. The molecule has 0 atom stereocenters. The largest absolute Gasteiger partial charge is 0.341 e. The molecule has 0 amide bonds. The second-order valence-electron chi connectivity index (χ2n) is 3.49. The fourth-order valence-electron chi connectivity index (χ4n) is 1.63. The molecule has 1 fully saturated rings. The Balaban J connectivity index is 2.45. The van der Waals surface area contributed by atoms with Crippen LogP contribution in [-0.4, -0.2) is 18.2 Å². The van der Waals surface area contributed by atoms with Crippen LogP contribution in [-0.2, 0) is 4.84 Å². The predicted molar refractivity (Wildman–Crippen MR) is 66.6 cm³/mol. The lowest BCUT2D eigenvalue weighted by atomic mass is 9.86. The van der Waals surface area contributed by atoms with Gasteiger partial charge in [-0.15, -0.1) is 0 Å². The van der Waals surface area contributed by atoms with Crippen molar-refractivity contribution in [2.24, 2.45) is 20.0 Å². The van der Waals surface area contributed by atoms with Crippen molar-refractivity contribution in [3.8, 4) is 0 Å². The van der Waals surface area contributed by atoms with Crippen molar-refractivity contribution >= 4 is 35.0 Å². The SMILES string of the molecule is C/C=N/OC(=NI)C1CCC(N)CC1.